The summed E-state index contributed by atoms with van der Waals surface area (Å²) in [6, 6.07) is 1.69. The topological polar surface area (TPSA) is 193 Å². The summed E-state index contributed by atoms with van der Waals surface area (Å²) in [5.41, 5.74) is 5.58. The van der Waals surface area contributed by atoms with E-state index in [1.54, 1.807) is 20.8 Å². The molecule has 0 spiro atoms. The number of anilines is 1. The van der Waals surface area contributed by atoms with Gasteiger partial charge in [0.1, 0.15) is 16.4 Å². The van der Waals surface area contributed by atoms with Crippen LogP contribution in [0.1, 0.15) is 49.8 Å². The number of tetrazole rings is 1. The maximum Gasteiger partial charge on any atom is 0.252 e. The van der Waals surface area contributed by atoms with Gasteiger partial charge in [-0.2, -0.15) is 5.21 Å². The molecule has 1 saturated heterocycles. The summed E-state index contributed by atoms with van der Waals surface area (Å²) in [6.07, 6.45) is 3.05. The molecule has 1 aromatic heterocycles. The number of benzene rings is 1. The number of nitrogens with zero attached hydrogens (tertiary/aromatic N) is 4. The van der Waals surface area contributed by atoms with Crippen molar-refractivity contribution >= 4 is 56.4 Å². The number of halogens is 2. The van der Waals surface area contributed by atoms with E-state index in [1.165, 1.54) is 29.2 Å². The van der Waals surface area contributed by atoms with Crippen molar-refractivity contribution in [2.24, 2.45) is 5.41 Å². The molecule has 0 aliphatic carbocycles. The lowest BCUT2D eigenvalue weighted by atomic mass is 9.85. The Hall–Kier alpha value is -3.23. The van der Waals surface area contributed by atoms with Crippen molar-refractivity contribution in [2.45, 2.75) is 58.2 Å². The normalized spacial score (nSPS) is 17.8. The van der Waals surface area contributed by atoms with E-state index in [0.717, 1.165) is 6.26 Å². The van der Waals surface area contributed by atoms with Crippen LogP contribution in [0.3, 0.4) is 0 Å². The second kappa shape index (κ2) is 12.5. The Labute approximate surface area is 242 Å². The molecule has 1 aliphatic rings. The molecule has 1 fully saturated rings. The van der Waals surface area contributed by atoms with Crippen molar-refractivity contribution in [3.05, 3.63) is 45.0 Å². The number of amides is 3. The fourth-order valence-electron chi connectivity index (χ4n) is 4.18. The highest BCUT2D eigenvalue weighted by molar-refractivity contribution is 7.96. The van der Waals surface area contributed by atoms with Crippen LogP contribution in [-0.2, 0) is 25.8 Å². The molecule has 2 heterocycles. The molecular weight excluding hydrogens is 583 g/mol. The Morgan fingerprint density at radius 3 is 2.55 bits per heavy atom. The summed E-state index contributed by atoms with van der Waals surface area (Å²) in [6.45, 7) is 5.70. The first-order valence-corrected chi connectivity index (χ1v) is 15.0. The van der Waals surface area contributed by atoms with Crippen molar-refractivity contribution in [1.29, 1.82) is 0 Å². The lowest BCUT2D eigenvalue weighted by Crippen LogP contribution is -2.58. The van der Waals surface area contributed by atoms with Gasteiger partial charge in [0.15, 0.2) is 15.7 Å². The number of hydrogen-bond acceptors (Lipinski definition) is 9. The van der Waals surface area contributed by atoms with Gasteiger partial charge >= 0.3 is 0 Å². The third kappa shape index (κ3) is 7.92. The number of likely N-dealkylation sites (tertiary alicyclic amines) is 1. The number of nitrogen functional groups attached to an aromatic ring is 1. The molecule has 16 heteroatoms. The molecule has 5 N–H and O–H groups in total. The third-order valence-electron chi connectivity index (χ3n) is 6.30. The van der Waals surface area contributed by atoms with Gasteiger partial charge in [-0.25, -0.2) is 8.42 Å². The van der Waals surface area contributed by atoms with Crippen LogP contribution in [0.4, 0.5) is 5.69 Å². The van der Waals surface area contributed by atoms with Crippen LogP contribution < -0.4 is 16.4 Å². The molecular formula is C24H32Cl2N8O5S. The van der Waals surface area contributed by atoms with E-state index < -0.39 is 55.5 Å². The minimum Gasteiger partial charge on any atom is -0.398 e. The molecule has 0 radical (unpaired) electrons. The van der Waals surface area contributed by atoms with Gasteiger partial charge in [0.25, 0.3) is 5.91 Å². The highest BCUT2D eigenvalue weighted by atomic mass is 35.5. The van der Waals surface area contributed by atoms with Gasteiger partial charge < -0.3 is 21.3 Å². The van der Waals surface area contributed by atoms with Crippen LogP contribution in [0.25, 0.3) is 0 Å². The van der Waals surface area contributed by atoms with E-state index >= 15 is 0 Å². The number of hydrogen-bond donors (Lipinski definition) is 4. The summed E-state index contributed by atoms with van der Waals surface area (Å²) < 4.78 is 23.3. The summed E-state index contributed by atoms with van der Waals surface area (Å²) >= 11 is 12.0. The zero-order chi connectivity index (χ0) is 29.8. The largest absolute Gasteiger partial charge is 0.398 e. The lowest BCUT2D eigenvalue weighted by Gasteiger charge is -2.35. The summed E-state index contributed by atoms with van der Waals surface area (Å²) in [5, 5.41) is 19.2. The number of carbonyl (C=O) groups is 3. The smallest absolute Gasteiger partial charge is 0.252 e. The molecule has 2 aromatic rings. The SMILES string of the molecule is CC(C)(C)[C@H](NC(=O)c1ccc(N)c(Cl)c1)C(=O)N1CCC[C@@H]1C(=O)N[C@H](C=C(Cl)S(C)(=O)=O)Cc1nn[nH]n1. The van der Waals surface area contributed by atoms with E-state index in [2.05, 4.69) is 31.3 Å². The molecule has 0 unspecified atom stereocenters. The van der Waals surface area contributed by atoms with Crippen molar-refractivity contribution in [2.75, 3.05) is 18.5 Å². The van der Waals surface area contributed by atoms with Gasteiger partial charge in [-0.3, -0.25) is 14.4 Å². The minimum absolute atomic E-state index is 0.000526. The number of nitrogens with two attached hydrogens (primary N) is 1. The predicted molar refractivity (Wildman–Crippen MR) is 150 cm³/mol. The second-order valence-electron chi connectivity index (χ2n) is 10.6. The number of sulfone groups is 1. The molecule has 0 saturated carbocycles. The number of nitrogens with one attached hydrogen (secondary N) is 3. The van der Waals surface area contributed by atoms with E-state index in [1.807, 2.05) is 0 Å². The summed E-state index contributed by atoms with van der Waals surface area (Å²) in [7, 11) is -3.73. The van der Waals surface area contributed by atoms with Crippen molar-refractivity contribution in [3.8, 4) is 0 Å². The Bertz CT molecular complexity index is 1390. The molecule has 3 rings (SSSR count). The Morgan fingerprint density at radius 1 is 1.27 bits per heavy atom. The van der Waals surface area contributed by atoms with Crippen LogP contribution in [-0.4, -0.2) is 82.6 Å². The second-order valence-corrected chi connectivity index (χ2v) is 13.6. The van der Waals surface area contributed by atoms with Gasteiger partial charge in [0.05, 0.1) is 16.8 Å². The predicted octanol–water partition coefficient (Wildman–Crippen LogP) is 1.42. The van der Waals surface area contributed by atoms with Crippen LogP contribution in [0.15, 0.2) is 28.6 Å². The van der Waals surface area contributed by atoms with Gasteiger partial charge in [-0.15, -0.1) is 10.2 Å². The van der Waals surface area contributed by atoms with Gasteiger partial charge in [-0.05, 0) is 42.5 Å². The highest BCUT2D eigenvalue weighted by Gasteiger charge is 2.42. The van der Waals surface area contributed by atoms with E-state index in [0.29, 0.717) is 25.1 Å². The summed E-state index contributed by atoms with van der Waals surface area (Å²) in [5.74, 6) is -1.24. The van der Waals surface area contributed by atoms with E-state index in [-0.39, 0.29) is 22.8 Å². The van der Waals surface area contributed by atoms with Crippen LogP contribution >= 0.6 is 23.2 Å². The standard InChI is InChI=1S/C24H32Cl2N8O5S/c1-24(2,3)20(29-21(35)13-7-8-16(27)15(25)10-13)23(37)34-9-5-6-17(34)22(36)28-14(11-18(26)40(4,38)39)12-19-30-32-33-31-19/h7-8,10-11,14,17,20H,5-6,9,12,27H2,1-4H3,(H,28,36)(H,29,35)(H,30,31,32,33)/t14-,17-,20-/m1/s1. The average Bonchev–Trinajstić information content (AvgIpc) is 3.54. The number of aromatic amines is 1. The Balaban J connectivity index is 1.81. The molecule has 13 nitrogen and oxygen atoms in total. The van der Waals surface area contributed by atoms with Crippen LogP contribution in [0, 0.1) is 5.41 Å². The Kier molecular flexibility index (Phi) is 9.80. The molecule has 1 aliphatic heterocycles. The quantitative estimate of drug-likeness (QED) is 0.302. The third-order valence-corrected chi connectivity index (χ3v) is 8.43. The highest BCUT2D eigenvalue weighted by Crippen LogP contribution is 2.27. The molecule has 40 heavy (non-hydrogen) atoms. The van der Waals surface area contributed by atoms with Crippen LogP contribution in [0.5, 0.6) is 0 Å². The zero-order valence-corrected chi connectivity index (χ0v) is 24.8. The maximum absolute atomic E-state index is 13.8. The van der Waals surface area contributed by atoms with Gasteiger partial charge in [-0.1, -0.05) is 49.2 Å². The number of H-pyrrole nitrogens is 1. The maximum atomic E-state index is 13.8. The average molecular weight is 616 g/mol. The van der Waals surface area contributed by atoms with Gasteiger partial charge in [0.2, 0.25) is 11.8 Å². The van der Waals surface area contributed by atoms with Crippen LogP contribution in [0.2, 0.25) is 5.02 Å². The molecule has 3 amide bonds. The summed E-state index contributed by atoms with van der Waals surface area (Å²) in [4.78, 5) is 41.7. The zero-order valence-electron chi connectivity index (χ0n) is 22.4. The van der Waals surface area contributed by atoms with Crippen molar-refractivity contribution < 1.29 is 22.8 Å². The minimum atomic E-state index is -3.73. The molecule has 0 bridgehead atoms. The number of aromatic nitrogens is 4. The first-order chi connectivity index (χ1) is 18.6. The van der Waals surface area contributed by atoms with Crippen molar-refractivity contribution in [1.82, 2.24) is 36.2 Å². The van der Waals surface area contributed by atoms with E-state index in [4.69, 9.17) is 28.9 Å². The number of rotatable bonds is 9. The first-order valence-electron chi connectivity index (χ1n) is 12.3. The molecule has 1 aromatic carbocycles. The molecule has 218 valence electrons. The van der Waals surface area contributed by atoms with Gasteiger partial charge in [0, 0.05) is 24.8 Å². The monoisotopic (exact) mass is 614 g/mol. The lowest BCUT2D eigenvalue weighted by molar-refractivity contribution is -0.142. The molecule has 3 atom stereocenters. The van der Waals surface area contributed by atoms with E-state index in [9.17, 15) is 22.8 Å². The fraction of sp³-hybridized carbons (Fsp3) is 0.500. The number of carbonyl (C=O) groups excluding carboxylic acids is 3. The first kappa shape index (κ1) is 31.3. The van der Waals surface area contributed by atoms with Crippen molar-refractivity contribution in [3.63, 3.8) is 0 Å². The Morgan fingerprint density at radius 2 is 1.98 bits per heavy atom. The fourth-order valence-corrected chi connectivity index (χ4v) is 4.92.